The monoisotopic (exact) mass is 819 g/mol. The second kappa shape index (κ2) is 13.9. The minimum Gasteiger partial charge on any atom is -0.455 e. The van der Waals surface area contributed by atoms with Crippen LogP contribution in [0.1, 0.15) is 25.0 Å². The molecule has 0 saturated heterocycles. The number of hydrogen-bond donors (Lipinski definition) is 0. The van der Waals surface area contributed by atoms with E-state index in [0.29, 0.717) is 0 Å². The van der Waals surface area contributed by atoms with Crippen LogP contribution in [-0.4, -0.2) is 0 Å². The van der Waals surface area contributed by atoms with Crippen LogP contribution in [0.4, 0.5) is 17.1 Å². The SMILES string of the molecule is CC1(C)c2ccccc2-c2ccc(N(c3ccc(-c4ccccc4)cc3)c3cccc4c3oc3c(-c5ccc(-c6cccc7c6oc6ccccc67)cc5)c5ccccc5cc34)cc21. The number of para-hydroxylation sites is 3. The van der Waals surface area contributed by atoms with Crippen LogP contribution in [-0.2, 0) is 5.41 Å². The summed E-state index contributed by atoms with van der Waals surface area (Å²) in [7, 11) is 0. The molecular formula is C61H41NO2. The summed E-state index contributed by atoms with van der Waals surface area (Å²) in [5.74, 6) is 0. The fraction of sp³-hybridized carbons (Fsp3) is 0.0492. The van der Waals surface area contributed by atoms with Crippen LogP contribution in [0, 0.1) is 0 Å². The Balaban J connectivity index is 0.999. The summed E-state index contributed by atoms with van der Waals surface area (Å²) >= 11 is 0. The molecule has 1 aliphatic rings. The molecule has 0 bridgehead atoms. The smallest absolute Gasteiger partial charge is 0.159 e. The van der Waals surface area contributed by atoms with Crippen molar-refractivity contribution < 1.29 is 8.83 Å². The lowest BCUT2D eigenvalue weighted by molar-refractivity contribution is 0.660. The van der Waals surface area contributed by atoms with Gasteiger partial charge in [-0.1, -0.05) is 184 Å². The van der Waals surface area contributed by atoms with Gasteiger partial charge in [-0.25, -0.2) is 0 Å². The number of nitrogens with zero attached hydrogens (tertiary/aromatic N) is 1. The molecule has 2 aromatic heterocycles. The highest BCUT2D eigenvalue weighted by Crippen LogP contribution is 2.52. The van der Waals surface area contributed by atoms with E-state index in [9.17, 15) is 0 Å². The Bertz CT molecular complexity index is 3800. The highest BCUT2D eigenvalue weighted by Gasteiger charge is 2.36. The van der Waals surface area contributed by atoms with Crippen molar-refractivity contribution in [2.75, 3.05) is 4.90 Å². The van der Waals surface area contributed by atoms with E-state index in [0.717, 1.165) is 88.6 Å². The van der Waals surface area contributed by atoms with Crippen molar-refractivity contribution in [2.24, 2.45) is 0 Å². The average Bonchev–Trinajstić information content (AvgIpc) is 3.99. The predicted octanol–water partition coefficient (Wildman–Crippen LogP) is 17.4. The van der Waals surface area contributed by atoms with E-state index >= 15 is 0 Å². The molecule has 302 valence electrons. The van der Waals surface area contributed by atoms with Crippen LogP contribution in [0.15, 0.2) is 221 Å². The molecule has 3 heteroatoms. The quantitative estimate of drug-likeness (QED) is 0.167. The molecule has 0 atom stereocenters. The Hall–Kier alpha value is -8.14. The zero-order chi connectivity index (χ0) is 42.5. The third-order valence-electron chi connectivity index (χ3n) is 13.7. The number of benzene rings is 10. The van der Waals surface area contributed by atoms with Crippen LogP contribution >= 0.6 is 0 Å². The van der Waals surface area contributed by atoms with E-state index in [2.05, 4.69) is 219 Å². The summed E-state index contributed by atoms with van der Waals surface area (Å²) in [5.41, 5.74) is 18.5. The zero-order valence-corrected chi connectivity index (χ0v) is 35.5. The van der Waals surface area contributed by atoms with Crippen molar-refractivity contribution in [1.82, 2.24) is 0 Å². The summed E-state index contributed by atoms with van der Waals surface area (Å²) in [6.45, 7) is 4.69. The Labute approximate surface area is 371 Å². The van der Waals surface area contributed by atoms with Gasteiger partial charge >= 0.3 is 0 Å². The molecular weight excluding hydrogens is 779 g/mol. The number of hydrogen-bond acceptors (Lipinski definition) is 3. The molecule has 1 aliphatic carbocycles. The Morgan fingerprint density at radius 3 is 1.81 bits per heavy atom. The normalized spacial score (nSPS) is 13.0. The van der Waals surface area contributed by atoms with Crippen LogP contribution in [0.5, 0.6) is 0 Å². The molecule has 64 heavy (non-hydrogen) atoms. The van der Waals surface area contributed by atoms with Gasteiger partial charge < -0.3 is 13.7 Å². The van der Waals surface area contributed by atoms with Crippen molar-refractivity contribution in [3.8, 4) is 44.5 Å². The second-order valence-electron chi connectivity index (χ2n) is 17.6. The molecule has 0 aliphatic heterocycles. The molecule has 3 nitrogen and oxygen atoms in total. The molecule has 0 N–H and O–H groups in total. The topological polar surface area (TPSA) is 29.5 Å². The lowest BCUT2D eigenvalue weighted by Gasteiger charge is -2.28. The first-order valence-electron chi connectivity index (χ1n) is 22.1. The van der Waals surface area contributed by atoms with Crippen molar-refractivity contribution >= 4 is 71.7 Å². The van der Waals surface area contributed by atoms with Crippen LogP contribution in [0.3, 0.4) is 0 Å². The molecule has 0 radical (unpaired) electrons. The minimum atomic E-state index is -0.153. The van der Waals surface area contributed by atoms with E-state index in [4.69, 9.17) is 8.83 Å². The Kier molecular flexibility index (Phi) is 7.95. The van der Waals surface area contributed by atoms with Crippen LogP contribution in [0.2, 0.25) is 0 Å². The third-order valence-corrected chi connectivity index (χ3v) is 13.7. The maximum atomic E-state index is 7.33. The molecule has 0 fully saturated rings. The maximum Gasteiger partial charge on any atom is 0.159 e. The van der Waals surface area contributed by atoms with E-state index in [1.165, 1.54) is 38.8 Å². The standard InChI is InChI=1S/C61H41NO2/c1-61(2)53-23-10-8-18-47(53)48-35-34-44(37-54(48)61)62(43-32-30-39(31-33-43)38-14-4-3-5-15-38)55-24-13-22-51-52-36-42-16-6-7-17-45(42)57(60(52)64-59(51)55)41-28-26-40(27-29-41)46-20-12-21-50-49-19-9-11-25-56(49)63-58(46)50/h3-37H,1-2H3. The first-order chi connectivity index (χ1) is 31.5. The number of anilines is 3. The zero-order valence-electron chi connectivity index (χ0n) is 35.5. The van der Waals surface area contributed by atoms with Gasteiger partial charge in [-0.05, 0) is 97.7 Å². The van der Waals surface area contributed by atoms with Gasteiger partial charge in [0.1, 0.15) is 16.7 Å². The molecule has 2 heterocycles. The lowest BCUT2D eigenvalue weighted by Crippen LogP contribution is -2.16. The molecule has 10 aromatic carbocycles. The summed E-state index contributed by atoms with van der Waals surface area (Å²) < 4.78 is 13.8. The fourth-order valence-electron chi connectivity index (χ4n) is 10.5. The number of furan rings is 2. The Morgan fingerprint density at radius 2 is 0.969 bits per heavy atom. The summed E-state index contributed by atoms with van der Waals surface area (Å²) in [6, 6.07) is 76.5. The van der Waals surface area contributed by atoms with Gasteiger partial charge in [-0.3, -0.25) is 0 Å². The average molecular weight is 820 g/mol. The largest absolute Gasteiger partial charge is 0.455 e. The number of fused-ring (bicyclic) bond motifs is 10. The molecule has 13 rings (SSSR count). The molecule has 0 amide bonds. The minimum absolute atomic E-state index is 0.153. The van der Waals surface area contributed by atoms with E-state index < -0.39 is 0 Å². The highest BCUT2D eigenvalue weighted by atomic mass is 16.3. The van der Waals surface area contributed by atoms with Gasteiger partial charge in [0.25, 0.3) is 0 Å². The third kappa shape index (κ3) is 5.47. The van der Waals surface area contributed by atoms with Crippen molar-refractivity contribution in [3.63, 3.8) is 0 Å². The van der Waals surface area contributed by atoms with Crippen LogP contribution in [0.25, 0.3) is 99.2 Å². The number of rotatable bonds is 6. The molecule has 0 saturated carbocycles. The maximum absolute atomic E-state index is 7.33. The lowest BCUT2D eigenvalue weighted by atomic mass is 9.82. The highest BCUT2D eigenvalue weighted by molar-refractivity contribution is 6.20. The van der Waals surface area contributed by atoms with Gasteiger partial charge in [0.2, 0.25) is 0 Å². The summed E-state index contributed by atoms with van der Waals surface area (Å²) in [4.78, 5) is 2.38. The second-order valence-corrected chi connectivity index (χ2v) is 17.6. The van der Waals surface area contributed by atoms with E-state index in [1.807, 2.05) is 12.1 Å². The van der Waals surface area contributed by atoms with Crippen molar-refractivity contribution in [3.05, 3.63) is 223 Å². The fourth-order valence-corrected chi connectivity index (χ4v) is 10.5. The van der Waals surface area contributed by atoms with Gasteiger partial charge in [0, 0.05) is 49.5 Å². The van der Waals surface area contributed by atoms with Gasteiger partial charge in [0.05, 0.1) is 5.69 Å². The van der Waals surface area contributed by atoms with Crippen molar-refractivity contribution in [2.45, 2.75) is 19.3 Å². The molecule has 12 aromatic rings. The predicted molar refractivity (Wildman–Crippen MR) is 267 cm³/mol. The first-order valence-corrected chi connectivity index (χ1v) is 22.1. The van der Waals surface area contributed by atoms with Gasteiger partial charge in [-0.15, -0.1) is 0 Å². The molecule has 0 unspecified atom stereocenters. The summed E-state index contributed by atoms with van der Waals surface area (Å²) in [6.07, 6.45) is 0. The molecule has 0 spiro atoms. The first kappa shape index (κ1) is 36.5. The summed E-state index contributed by atoms with van der Waals surface area (Å²) in [5, 5.41) is 6.74. The van der Waals surface area contributed by atoms with Gasteiger partial charge in [-0.2, -0.15) is 0 Å². The van der Waals surface area contributed by atoms with Crippen molar-refractivity contribution in [1.29, 1.82) is 0 Å². The van der Waals surface area contributed by atoms with E-state index in [-0.39, 0.29) is 5.41 Å². The van der Waals surface area contributed by atoms with Crippen LogP contribution < -0.4 is 4.90 Å². The van der Waals surface area contributed by atoms with Gasteiger partial charge in [0.15, 0.2) is 5.58 Å². The Morgan fingerprint density at radius 1 is 0.359 bits per heavy atom. The van der Waals surface area contributed by atoms with E-state index in [1.54, 1.807) is 0 Å².